The number of unbranched alkanes of at least 4 members (excludes halogenated alkanes) is 10. The minimum absolute atomic E-state index is 0.136. The predicted molar refractivity (Wildman–Crippen MR) is 217 cm³/mol. The van der Waals surface area contributed by atoms with Crippen molar-refractivity contribution < 1.29 is 34.3 Å². The van der Waals surface area contributed by atoms with Gasteiger partial charge in [0.05, 0.1) is 6.10 Å². The Kier molecular flexibility index (Phi) is 16.8. The standard InChI is InChI=1S/C47H82O7/c1-7-8-9-10-11-12-13-14-15-16-17-21-41(48)52-31-40-42(49)43(50)44(51)45(54-40)53-35-26-28-46(5)34(30-35)22-23-36-38-25-24-37(33(4)20-18-19-32(2)3)47(38,6)29-27-39(36)46/h22,32-33,35-40,42-45,49-51H,7-21,23-31H2,1-6H3/t33-,35+,36-,37-,38-,39-,40?,42-,43+,44?,45+,46+,47-/m1/s1. The van der Waals surface area contributed by atoms with Crippen molar-refractivity contribution in [2.75, 3.05) is 6.61 Å². The smallest absolute Gasteiger partial charge is 0.305 e. The summed E-state index contributed by atoms with van der Waals surface area (Å²) in [6, 6.07) is 0. The Bertz CT molecular complexity index is 1170. The Morgan fingerprint density at radius 3 is 2.19 bits per heavy atom. The molecule has 4 aliphatic carbocycles. The summed E-state index contributed by atoms with van der Waals surface area (Å²) in [5.74, 6) is 4.45. The van der Waals surface area contributed by atoms with E-state index < -0.39 is 30.7 Å². The molecule has 0 spiro atoms. The van der Waals surface area contributed by atoms with Gasteiger partial charge >= 0.3 is 5.97 Å². The highest BCUT2D eigenvalue weighted by atomic mass is 16.7. The SMILES string of the molecule is CCCCCCCCCCCCCC(=O)OCC1O[C@H](O[C@H]2CC[C@@]3(C)C(=CC[C@@H]4[C@H]5CC[C@H]([C@H](C)CCCC(C)C)[C@@]5(C)CC[C@H]43)C2)C(O)[C@@H](O)[C@@H]1O. The number of aliphatic hydroxyl groups is 3. The number of fused-ring (bicyclic) bond motifs is 5. The summed E-state index contributed by atoms with van der Waals surface area (Å²) in [5.41, 5.74) is 2.15. The highest BCUT2D eigenvalue weighted by Gasteiger charge is 2.59. The Hall–Kier alpha value is -0.990. The fourth-order valence-corrected chi connectivity index (χ4v) is 12.3. The van der Waals surface area contributed by atoms with Crippen molar-refractivity contribution in [3.63, 3.8) is 0 Å². The van der Waals surface area contributed by atoms with Gasteiger partial charge in [-0.3, -0.25) is 4.79 Å². The third-order valence-electron chi connectivity index (χ3n) is 15.6. The van der Waals surface area contributed by atoms with Crippen LogP contribution in [0.3, 0.4) is 0 Å². The van der Waals surface area contributed by atoms with Crippen LogP contribution in [0.5, 0.6) is 0 Å². The lowest BCUT2D eigenvalue weighted by Gasteiger charge is -2.58. The molecule has 0 aromatic carbocycles. The Morgan fingerprint density at radius 1 is 0.815 bits per heavy atom. The zero-order valence-electron chi connectivity index (χ0n) is 35.5. The van der Waals surface area contributed by atoms with Crippen molar-refractivity contribution in [3.8, 4) is 0 Å². The van der Waals surface area contributed by atoms with Gasteiger partial charge in [0.15, 0.2) is 6.29 Å². The second kappa shape index (κ2) is 20.6. The van der Waals surface area contributed by atoms with Crippen LogP contribution in [0.15, 0.2) is 11.6 Å². The van der Waals surface area contributed by atoms with Crippen LogP contribution in [0.4, 0.5) is 0 Å². The van der Waals surface area contributed by atoms with Gasteiger partial charge in [0, 0.05) is 6.42 Å². The molecule has 1 aliphatic heterocycles. The second-order valence-electron chi connectivity index (χ2n) is 19.8. The Balaban J connectivity index is 1.06. The molecule has 7 nitrogen and oxygen atoms in total. The quantitative estimate of drug-likeness (QED) is 0.0608. The summed E-state index contributed by atoms with van der Waals surface area (Å²) in [7, 11) is 0. The molecule has 5 aliphatic rings. The van der Waals surface area contributed by atoms with Gasteiger partial charge in [-0.2, -0.15) is 0 Å². The molecule has 1 heterocycles. The van der Waals surface area contributed by atoms with Crippen LogP contribution in [-0.4, -0.2) is 64.7 Å². The first-order valence-corrected chi connectivity index (χ1v) is 23.1. The van der Waals surface area contributed by atoms with E-state index in [2.05, 4.69) is 47.6 Å². The minimum atomic E-state index is -1.44. The summed E-state index contributed by atoms with van der Waals surface area (Å²) in [5, 5.41) is 32.4. The van der Waals surface area contributed by atoms with Crippen LogP contribution in [0, 0.1) is 46.3 Å². The number of hydrogen-bond acceptors (Lipinski definition) is 7. The van der Waals surface area contributed by atoms with E-state index in [1.54, 1.807) is 0 Å². The molecule has 4 fully saturated rings. The maximum Gasteiger partial charge on any atom is 0.305 e. The number of carbonyl (C=O) groups is 1. The second-order valence-corrected chi connectivity index (χ2v) is 19.8. The number of carbonyl (C=O) groups excluding carboxylic acids is 1. The molecule has 2 unspecified atom stereocenters. The van der Waals surface area contributed by atoms with E-state index in [0.717, 1.165) is 74.5 Å². The molecule has 7 heteroatoms. The summed E-state index contributed by atoms with van der Waals surface area (Å²) in [6.07, 6.45) is 23.4. The molecule has 3 N–H and O–H groups in total. The molecule has 0 aromatic rings. The summed E-state index contributed by atoms with van der Waals surface area (Å²) >= 11 is 0. The van der Waals surface area contributed by atoms with Crippen molar-refractivity contribution in [1.82, 2.24) is 0 Å². The molecule has 13 atom stereocenters. The van der Waals surface area contributed by atoms with Gasteiger partial charge in [-0.25, -0.2) is 0 Å². The van der Waals surface area contributed by atoms with Crippen LogP contribution in [-0.2, 0) is 19.0 Å². The van der Waals surface area contributed by atoms with Gasteiger partial charge in [0.1, 0.15) is 31.0 Å². The van der Waals surface area contributed by atoms with Gasteiger partial charge in [0.25, 0.3) is 0 Å². The van der Waals surface area contributed by atoms with E-state index in [-0.39, 0.29) is 24.1 Å². The first-order chi connectivity index (χ1) is 25.9. The minimum Gasteiger partial charge on any atom is -0.463 e. The lowest BCUT2D eigenvalue weighted by molar-refractivity contribution is -0.313. The van der Waals surface area contributed by atoms with Crippen molar-refractivity contribution in [3.05, 3.63) is 11.6 Å². The largest absolute Gasteiger partial charge is 0.463 e. The molecule has 312 valence electrons. The molecule has 54 heavy (non-hydrogen) atoms. The normalized spacial score (nSPS) is 38.4. The Morgan fingerprint density at radius 2 is 1.50 bits per heavy atom. The zero-order valence-corrected chi connectivity index (χ0v) is 35.5. The molecule has 3 saturated carbocycles. The predicted octanol–water partition coefficient (Wildman–Crippen LogP) is 10.5. The fourth-order valence-electron chi connectivity index (χ4n) is 12.3. The topological polar surface area (TPSA) is 105 Å². The molecular formula is C47H82O7. The van der Waals surface area contributed by atoms with E-state index in [0.29, 0.717) is 17.8 Å². The molecule has 0 aromatic heterocycles. The highest BCUT2D eigenvalue weighted by Crippen LogP contribution is 2.67. The zero-order chi connectivity index (χ0) is 38.9. The molecule has 5 rings (SSSR count). The van der Waals surface area contributed by atoms with E-state index in [9.17, 15) is 20.1 Å². The summed E-state index contributed by atoms with van der Waals surface area (Å²) in [6.45, 7) is 14.5. The number of allylic oxidation sites excluding steroid dienone is 1. The van der Waals surface area contributed by atoms with Gasteiger partial charge in [-0.1, -0.05) is 137 Å². The van der Waals surface area contributed by atoms with E-state index in [1.807, 2.05) is 0 Å². The van der Waals surface area contributed by atoms with Crippen molar-refractivity contribution in [2.45, 2.75) is 226 Å². The first kappa shape index (κ1) is 44.1. The number of hydrogen-bond donors (Lipinski definition) is 3. The third-order valence-corrected chi connectivity index (χ3v) is 15.6. The third kappa shape index (κ3) is 10.7. The molecule has 0 bridgehead atoms. The number of ether oxygens (including phenoxy) is 3. The number of rotatable bonds is 21. The lowest BCUT2D eigenvalue weighted by atomic mass is 9.47. The average Bonchev–Trinajstić information content (AvgIpc) is 3.50. The van der Waals surface area contributed by atoms with Crippen molar-refractivity contribution >= 4 is 5.97 Å². The lowest BCUT2D eigenvalue weighted by Crippen LogP contribution is -2.60. The van der Waals surface area contributed by atoms with E-state index in [1.165, 1.54) is 102 Å². The molecule has 0 amide bonds. The van der Waals surface area contributed by atoms with Gasteiger partial charge in [-0.15, -0.1) is 0 Å². The van der Waals surface area contributed by atoms with Crippen molar-refractivity contribution in [2.24, 2.45) is 46.3 Å². The van der Waals surface area contributed by atoms with Crippen LogP contribution < -0.4 is 0 Å². The van der Waals surface area contributed by atoms with Crippen LogP contribution in [0.1, 0.15) is 189 Å². The number of esters is 1. The van der Waals surface area contributed by atoms with E-state index >= 15 is 0 Å². The van der Waals surface area contributed by atoms with Gasteiger partial charge in [0.2, 0.25) is 0 Å². The first-order valence-electron chi connectivity index (χ1n) is 23.1. The van der Waals surface area contributed by atoms with Crippen LogP contribution >= 0.6 is 0 Å². The monoisotopic (exact) mass is 759 g/mol. The number of aliphatic hydroxyl groups excluding tert-OH is 3. The van der Waals surface area contributed by atoms with Gasteiger partial charge < -0.3 is 29.5 Å². The average molecular weight is 759 g/mol. The Labute approximate surface area is 330 Å². The maximum atomic E-state index is 12.5. The molecule has 1 saturated heterocycles. The highest BCUT2D eigenvalue weighted by molar-refractivity contribution is 5.69. The summed E-state index contributed by atoms with van der Waals surface area (Å²) < 4.78 is 18.0. The van der Waals surface area contributed by atoms with Crippen LogP contribution in [0.25, 0.3) is 0 Å². The van der Waals surface area contributed by atoms with Crippen molar-refractivity contribution in [1.29, 1.82) is 0 Å². The fraction of sp³-hybridized carbons (Fsp3) is 0.936. The molecular weight excluding hydrogens is 677 g/mol. The molecule has 0 radical (unpaired) electrons. The summed E-state index contributed by atoms with van der Waals surface area (Å²) in [4.78, 5) is 12.5. The maximum absolute atomic E-state index is 12.5. The van der Waals surface area contributed by atoms with E-state index in [4.69, 9.17) is 14.2 Å². The van der Waals surface area contributed by atoms with Gasteiger partial charge in [-0.05, 0) is 104 Å². The van der Waals surface area contributed by atoms with Crippen LogP contribution in [0.2, 0.25) is 0 Å².